The van der Waals surface area contributed by atoms with Crippen molar-refractivity contribution >= 4 is 30.0 Å². The maximum Gasteiger partial charge on any atom is 0.250 e. The number of amides is 1. The van der Waals surface area contributed by atoms with Crippen molar-refractivity contribution in [3.8, 4) is 22.8 Å². The van der Waals surface area contributed by atoms with Crippen molar-refractivity contribution in [2.24, 2.45) is 5.10 Å². The van der Waals surface area contributed by atoms with Gasteiger partial charge in [0.05, 0.1) is 18.6 Å². The summed E-state index contributed by atoms with van der Waals surface area (Å²) in [4.78, 5) is 16.5. The number of hydrazone groups is 1. The van der Waals surface area contributed by atoms with E-state index in [0.29, 0.717) is 23.3 Å². The molecule has 3 heterocycles. The van der Waals surface area contributed by atoms with Crippen LogP contribution in [0.5, 0.6) is 5.75 Å². The summed E-state index contributed by atoms with van der Waals surface area (Å²) in [6, 6.07) is 15.0. The van der Waals surface area contributed by atoms with E-state index in [1.165, 1.54) is 18.0 Å². The topological polar surface area (TPSA) is 107 Å². The lowest BCUT2D eigenvalue weighted by Gasteiger charge is -2.11. The monoisotopic (exact) mass is 474 g/mol. The first-order valence-electron chi connectivity index (χ1n) is 10.5. The van der Waals surface area contributed by atoms with Crippen LogP contribution >= 0.6 is 11.8 Å². The number of nitrogens with zero attached hydrogens (tertiary/aromatic N) is 5. The van der Waals surface area contributed by atoms with E-state index in [1.54, 1.807) is 36.9 Å². The quantitative estimate of drug-likeness (QED) is 0.208. The molecule has 0 aliphatic rings. The van der Waals surface area contributed by atoms with Gasteiger partial charge in [-0.25, -0.2) is 5.43 Å². The lowest BCUT2D eigenvalue weighted by molar-refractivity contribution is -0.118. The Bertz CT molecular complexity index is 1250. The van der Waals surface area contributed by atoms with Gasteiger partial charge in [-0.3, -0.25) is 14.3 Å². The number of carbonyl (C=O) groups is 1. The molecule has 9 nitrogen and oxygen atoms in total. The zero-order valence-corrected chi connectivity index (χ0v) is 19.2. The van der Waals surface area contributed by atoms with Crippen LogP contribution < -0.4 is 10.2 Å². The van der Waals surface area contributed by atoms with E-state index < -0.39 is 0 Å². The van der Waals surface area contributed by atoms with E-state index in [-0.39, 0.29) is 11.7 Å². The maximum absolute atomic E-state index is 12.3. The van der Waals surface area contributed by atoms with Crippen molar-refractivity contribution < 1.29 is 13.9 Å². The van der Waals surface area contributed by atoms with Crippen molar-refractivity contribution in [2.75, 3.05) is 12.4 Å². The molecular formula is C24H22N6O3S. The van der Waals surface area contributed by atoms with E-state index >= 15 is 0 Å². The molecule has 0 aliphatic heterocycles. The third kappa shape index (κ3) is 5.99. The molecule has 0 radical (unpaired) electrons. The SMILES string of the molecule is CCOc1ccc(-n2c(SCC(=O)N/N=C/C=C/c3ccco3)nnc2-c2cccnc2)cc1. The van der Waals surface area contributed by atoms with Crippen LogP contribution in [0.1, 0.15) is 12.7 Å². The van der Waals surface area contributed by atoms with Gasteiger partial charge in [0.2, 0.25) is 0 Å². The number of aromatic nitrogens is 4. The molecule has 1 amide bonds. The molecule has 4 rings (SSSR count). The molecule has 0 fully saturated rings. The highest BCUT2D eigenvalue weighted by molar-refractivity contribution is 7.99. The molecule has 1 aromatic carbocycles. The number of rotatable bonds is 10. The average Bonchev–Trinajstić information content (AvgIpc) is 3.54. The number of carbonyl (C=O) groups excluding carboxylic acids is 1. The first kappa shape index (κ1) is 23.0. The molecule has 0 atom stereocenters. The molecule has 4 aromatic rings. The second-order valence-electron chi connectivity index (χ2n) is 6.79. The molecule has 0 spiro atoms. The summed E-state index contributed by atoms with van der Waals surface area (Å²) in [5, 5.41) is 13.1. The van der Waals surface area contributed by atoms with Gasteiger partial charge in [-0.05, 0) is 67.6 Å². The van der Waals surface area contributed by atoms with Crippen LogP contribution in [0.2, 0.25) is 0 Å². The fraction of sp³-hybridized carbons (Fsp3) is 0.125. The zero-order valence-electron chi connectivity index (χ0n) is 18.4. The molecule has 34 heavy (non-hydrogen) atoms. The van der Waals surface area contributed by atoms with Crippen molar-refractivity contribution in [3.63, 3.8) is 0 Å². The standard InChI is InChI=1S/C24H22N6O3S/c1-2-32-21-11-9-19(10-12-21)30-23(18-6-3-13-25-16-18)28-29-24(30)34-17-22(31)27-26-14-4-7-20-8-5-15-33-20/h3-16H,2,17H2,1H3,(H,27,31)/b7-4+,26-14+. The summed E-state index contributed by atoms with van der Waals surface area (Å²) in [7, 11) is 0. The predicted octanol–water partition coefficient (Wildman–Crippen LogP) is 4.23. The van der Waals surface area contributed by atoms with E-state index in [9.17, 15) is 4.79 Å². The van der Waals surface area contributed by atoms with Gasteiger partial charge in [0, 0.05) is 29.9 Å². The van der Waals surface area contributed by atoms with Crippen LogP contribution in [0.25, 0.3) is 23.2 Å². The molecule has 0 bridgehead atoms. The Balaban J connectivity index is 1.46. The number of pyridine rings is 1. The van der Waals surface area contributed by atoms with Gasteiger partial charge < -0.3 is 9.15 Å². The van der Waals surface area contributed by atoms with Gasteiger partial charge in [0.1, 0.15) is 11.5 Å². The van der Waals surface area contributed by atoms with Crippen LogP contribution in [0, 0.1) is 0 Å². The van der Waals surface area contributed by atoms with Gasteiger partial charge in [-0.2, -0.15) is 5.10 Å². The van der Waals surface area contributed by atoms with E-state index in [1.807, 2.05) is 54.0 Å². The molecule has 0 saturated carbocycles. The van der Waals surface area contributed by atoms with Crippen LogP contribution in [-0.4, -0.2) is 44.2 Å². The second-order valence-corrected chi connectivity index (χ2v) is 7.73. The number of hydrogen-bond donors (Lipinski definition) is 1. The third-order valence-corrected chi connectivity index (χ3v) is 5.37. The molecular weight excluding hydrogens is 452 g/mol. The number of hydrogen-bond acceptors (Lipinski definition) is 8. The van der Waals surface area contributed by atoms with Crippen LogP contribution in [-0.2, 0) is 4.79 Å². The summed E-state index contributed by atoms with van der Waals surface area (Å²) in [6.45, 7) is 2.53. The van der Waals surface area contributed by atoms with Gasteiger partial charge >= 0.3 is 0 Å². The molecule has 172 valence electrons. The smallest absolute Gasteiger partial charge is 0.250 e. The molecule has 10 heteroatoms. The summed E-state index contributed by atoms with van der Waals surface area (Å²) in [6.07, 6.45) is 9.90. The van der Waals surface area contributed by atoms with Crippen molar-refractivity contribution in [3.05, 3.63) is 79.0 Å². The highest BCUT2D eigenvalue weighted by atomic mass is 32.2. The van der Waals surface area contributed by atoms with E-state index in [2.05, 4.69) is 25.7 Å². The Kier molecular flexibility index (Phi) is 7.86. The molecule has 1 N–H and O–H groups in total. The number of furan rings is 1. The maximum atomic E-state index is 12.3. The Hall–Kier alpha value is -4.18. The Morgan fingerprint density at radius 3 is 2.82 bits per heavy atom. The summed E-state index contributed by atoms with van der Waals surface area (Å²) >= 11 is 1.26. The summed E-state index contributed by atoms with van der Waals surface area (Å²) < 4.78 is 12.6. The number of benzene rings is 1. The summed E-state index contributed by atoms with van der Waals surface area (Å²) in [5.41, 5.74) is 4.15. The normalized spacial score (nSPS) is 11.3. The van der Waals surface area contributed by atoms with Crippen LogP contribution in [0.15, 0.2) is 87.9 Å². The number of nitrogens with one attached hydrogen (secondary N) is 1. The lowest BCUT2D eigenvalue weighted by Crippen LogP contribution is -2.19. The first-order valence-corrected chi connectivity index (χ1v) is 11.5. The third-order valence-electron chi connectivity index (χ3n) is 4.44. The Morgan fingerprint density at radius 2 is 2.09 bits per heavy atom. The van der Waals surface area contributed by atoms with Gasteiger partial charge in [-0.15, -0.1) is 10.2 Å². The van der Waals surface area contributed by atoms with Gasteiger partial charge in [0.15, 0.2) is 11.0 Å². The Morgan fingerprint density at radius 1 is 1.21 bits per heavy atom. The molecule has 0 saturated heterocycles. The van der Waals surface area contributed by atoms with Crippen molar-refractivity contribution in [2.45, 2.75) is 12.1 Å². The van der Waals surface area contributed by atoms with E-state index in [0.717, 1.165) is 17.0 Å². The van der Waals surface area contributed by atoms with Gasteiger partial charge in [-0.1, -0.05) is 11.8 Å². The van der Waals surface area contributed by atoms with E-state index in [4.69, 9.17) is 9.15 Å². The number of allylic oxidation sites excluding steroid dienone is 1. The average molecular weight is 475 g/mol. The second kappa shape index (κ2) is 11.6. The number of ether oxygens (including phenoxy) is 1. The highest BCUT2D eigenvalue weighted by Gasteiger charge is 2.17. The largest absolute Gasteiger partial charge is 0.494 e. The van der Waals surface area contributed by atoms with Gasteiger partial charge in [0.25, 0.3) is 5.91 Å². The molecule has 3 aromatic heterocycles. The fourth-order valence-corrected chi connectivity index (χ4v) is 3.72. The van der Waals surface area contributed by atoms with Crippen LogP contribution in [0.4, 0.5) is 0 Å². The predicted molar refractivity (Wildman–Crippen MR) is 131 cm³/mol. The lowest BCUT2D eigenvalue weighted by atomic mass is 10.2. The minimum Gasteiger partial charge on any atom is -0.494 e. The zero-order chi connectivity index (χ0) is 23.6. The van der Waals surface area contributed by atoms with Crippen molar-refractivity contribution in [1.29, 1.82) is 0 Å². The number of thioether (sulfide) groups is 1. The molecule has 0 unspecified atom stereocenters. The first-order chi connectivity index (χ1) is 16.7. The Labute approximate surface area is 200 Å². The molecule has 0 aliphatic carbocycles. The minimum atomic E-state index is -0.267. The van der Waals surface area contributed by atoms with Crippen LogP contribution in [0.3, 0.4) is 0 Å². The fourth-order valence-electron chi connectivity index (χ4n) is 2.97. The van der Waals surface area contributed by atoms with Crippen molar-refractivity contribution in [1.82, 2.24) is 25.2 Å². The minimum absolute atomic E-state index is 0.113. The highest BCUT2D eigenvalue weighted by Crippen LogP contribution is 2.28. The summed E-state index contributed by atoms with van der Waals surface area (Å²) in [5.74, 6) is 1.95.